The summed E-state index contributed by atoms with van der Waals surface area (Å²) < 4.78 is 0. The van der Waals surface area contributed by atoms with E-state index in [9.17, 15) is 9.59 Å². The highest BCUT2D eigenvalue weighted by Gasteiger charge is 2.36. The van der Waals surface area contributed by atoms with Crippen molar-refractivity contribution in [2.24, 2.45) is 0 Å². The number of benzene rings is 2. The van der Waals surface area contributed by atoms with Crippen molar-refractivity contribution < 1.29 is 9.59 Å². The summed E-state index contributed by atoms with van der Waals surface area (Å²) in [6.07, 6.45) is 0.975. The van der Waals surface area contributed by atoms with E-state index in [0.717, 1.165) is 16.8 Å². The van der Waals surface area contributed by atoms with Gasteiger partial charge in [-0.2, -0.15) is 0 Å². The minimum atomic E-state index is -0.425. The van der Waals surface area contributed by atoms with Crippen LogP contribution < -0.4 is 10.2 Å². The van der Waals surface area contributed by atoms with Gasteiger partial charge >= 0.3 is 0 Å². The molecule has 1 atom stereocenters. The summed E-state index contributed by atoms with van der Waals surface area (Å²) in [4.78, 5) is 26.4. The smallest absolute Gasteiger partial charge is 0.243 e. The second-order valence-corrected chi connectivity index (χ2v) is 6.36. The molecule has 1 heterocycles. The Morgan fingerprint density at radius 2 is 1.62 bits per heavy atom. The molecule has 0 aliphatic carbocycles. The molecule has 0 saturated carbocycles. The third-order valence-electron chi connectivity index (χ3n) is 4.41. The lowest BCUT2D eigenvalue weighted by Crippen LogP contribution is -2.44. The Morgan fingerprint density at radius 3 is 2.25 bits per heavy atom. The standard InChI is InChI=1S/C20H22N2O2/c1-14-3-7-16(8-4-14)13-21-20(24)18-11-12-19(23)22(18)17-9-5-15(2)6-10-17/h3-10,18H,11-13H2,1-2H3,(H,21,24). The average Bonchev–Trinajstić information content (AvgIpc) is 2.96. The summed E-state index contributed by atoms with van der Waals surface area (Å²) in [5.74, 6) is -0.0867. The zero-order valence-electron chi connectivity index (χ0n) is 14.1. The zero-order valence-corrected chi connectivity index (χ0v) is 14.1. The van der Waals surface area contributed by atoms with Crippen molar-refractivity contribution in [3.05, 3.63) is 65.2 Å². The maximum absolute atomic E-state index is 12.6. The average molecular weight is 322 g/mol. The number of amides is 2. The molecule has 4 heteroatoms. The zero-order chi connectivity index (χ0) is 17.1. The summed E-state index contributed by atoms with van der Waals surface area (Å²) in [7, 11) is 0. The normalized spacial score (nSPS) is 17.2. The van der Waals surface area contributed by atoms with Gasteiger partial charge in [-0.3, -0.25) is 14.5 Å². The quantitative estimate of drug-likeness (QED) is 0.940. The van der Waals surface area contributed by atoms with Crippen LogP contribution in [0.1, 0.15) is 29.5 Å². The van der Waals surface area contributed by atoms with Gasteiger partial charge in [-0.15, -0.1) is 0 Å². The molecule has 1 unspecified atom stereocenters. The molecule has 3 rings (SSSR count). The van der Waals surface area contributed by atoms with Gasteiger partial charge in [-0.05, 0) is 38.0 Å². The van der Waals surface area contributed by atoms with Crippen LogP contribution in [0.3, 0.4) is 0 Å². The van der Waals surface area contributed by atoms with E-state index >= 15 is 0 Å². The van der Waals surface area contributed by atoms with Gasteiger partial charge in [-0.1, -0.05) is 47.5 Å². The summed E-state index contributed by atoms with van der Waals surface area (Å²) in [5.41, 5.74) is 4.17. The first-order valence-corrected chi connectivity index (χ1v) is 8.26. The third-order valence-corrected chi connectivity index (χ3v) is 4.41. The van der Waals surface area contributed by atoms with Gasteiger partial charge in [0.2, 0.25) is 11.8 Å². The second-order valence-electron chi connectivity index (χ2n) is 6.36. The molecule has 1 fully saturated rings. The van der Waals surface area contributed by atoms with Crippen LogP contribution >= 0.6 is 0 Å². The van der Waals surface area contributed by atoms with Crippen LogP contribution in [0.4, 0.5) is 5.69 Å². The molecule has 2 amide bonds. The molecule has 0 aromatic heterocycles. The molecular weight excluding hydrogens is 300 g/mol. The highest BCUT2D eigenvalue weighted by atomic mass is 16.2. The fourth-order valence-corrected chi connectivity index (χ4v) is 2.97. The van der Waals surface area contributed by atoms with Crippen molar-refractivity contribution in [1.82, 2.24) is 5.32 Å². The minimum Gasteiger partial charge on any atom is -0.350 e. The van der Waals surface area contributed by atoms with Crippen LogP contribution in [0.15, 0.2) is 48.5 Å². The molecule has 1 aliphatic rings. The van der Waals surface area contributed by atoms with Crippen molar-refractivity contribution >= 4 is 17.5 Å². The molecule has 1 aliphatic heterocycles. The Balaban J connectivity index is 1.69. The van der Waals surface area contributed by atoms with E-state index in [1.54, 1.807) is 4.90 Å². The summed E-state index contributed by atoms with van der Waals surface area (Å²) in [5, 5.41) is 2.96. The molecule has 1 N–H and O–H groups in total. The Hall–Kier alpha value is -2.62. The lowest BCUT2D eigenvalue weighted by atomic mass is 10.1. The van der Waals surface area contributed by atoms with E-state index in [-0.39, 0.29) is 11.8 Å². The topological polar surface area (TPSA) is 49.4 Å². The molecule has 4 nitrogen and oxygen atoms in total. The van der Waals surface area contributed by atoms with Crippen LogP contribution in [0.2, 0.25) is 0 Å². The van der Waals surface area contributed by atoms with Crippen molar-refractivity contribution in [2.75, 3.05) is 4.90 Å². The SMILES string of the molecule is Cc1ccc(CNC(=O)C2CCC(=O)N2c2ccc(C)cc2)cc1. The largest absolute Gasteiger partial charge is 0.350 e. The van der Waals surface area contributed by atoms with Gasteiger partial charge in [0.1, 0.15) is 6.04 Å². The van der Waals surface area contributed by atoms with Gasteiger partial charge in [0, 0.05) is 18.7 Å². The monoisotopic (exact) mass is 322 g/mol. The number of aryl methyl sites for hydroxylation is 2. The number of carbonyl (C=O) groups is 2. The predicted molar refractivity (Wildman–Crippen MR) is 94.7 cm³/mol. The van der Waals surface area contributed by atoms with Gasteiger partial charge in [0.05, 0.1) is 0 Å². The third kappa shape index (κ3) is 3.48. The number of anilines is 1. The van der Waals surface area contributed by atoms with E-state index in [0.29, 0.717) is 19.4 Å². The van der Waals surface area contributed by atoms with Crippen molar-refractivity contribution in [2.45, 2.75) is 39.3 Å². The first-order valence-electron chi connectivity index (χ1n) is 8.26. The Kier molecular flexibility index (Phi) is 4.65. The predicted octanol–water partition coefficient (Wildman–Crippen LogP) is 3.12. The highest BCUT2D eigenvalue weighted by molar-refractivity contribution is 6.03. The molecule has 2 aromatic carbocycles. The fourth-order valence-electron chi connectivity index (χ4n) is 2.97. The van der Waals surface area contributed by atoms with Crippen LogP contribution in [0.25, 0.3) is 0 Å². The van der Waals surface area contributed by atoms with Crippen LogP contribution in [-0.2, 0) is 16.1 Å². The molecule has 124 valence electrons. The molecule has 2 aromatic rings. The number of carbonyl (C=O) groups excluding carboxylic acids is 2. The van der Waals surface area contributed by atoms with E-state index in [4.69, 9.17) is 0 Å². The molecule has 0 radical (unpaired) electrons. The molecule has 24 heavy (non-hydrogen) atoms. The highest BCUT2D eigenvalue weighted by Crippen LogP contribution is 2.27. The molecule has 0 spiro atoms. The summed E-state index contributed by atoms with van der Waals surface area (Å²) in [6.45, 7) is 4.51. The summed E-state index contributed by atoms with van der Waals surface area (Å²) in [6, 6.07) is 15.4. The minimum absolute atomic E-state index is 0.00865. The lowest BCUT2D eigenvalue weighted by molar-refractivity contribution is -0.124. The summed E-state index contributed by atoms with van der Waals surface area (Å²) >= 11 is 0. The van der Waals surface area contributed by atoms with Crippen molar-refractivity contribution in [3.8, 4) is 0 Å². The van der Waals surface area contributed by atoms with Crippen LogP contribution in [0, 0.1) is 13.8 Å². The maximum atomic E-state index is 12.6. The van der Waals surface area contributed by atoms with E-state index in [2.05, 4.69) is 5.32 Å². The number of rotatable bonds is 4. The Bertz CT molecular complexity index is 735. The Morgan fingerprint density at radius 1 is 1.04 bits per heavy atom. The van der Waals surface area contributed by atoms with Gasteiger partial charge in [0.25, 0.3) is 0 Å². The number of nitrogens with one attached hydrogen (secondary N) is 1. The molecular formula is C20H22N2O2. The second kappa shape index (κ2) is 6.87. The first kappa shape index (κ1) is 16.2. The Labute approximate surface area is 142 Å². The molecule has 1 saturated heterocycles. The van der Waals surface area contributed by atoms with E-state index in [1.807, 2.05) is 62.4 Å². The van der Waals surface area contributed by atoms with Gasteiger partial charge in [-0.25, -0.2) is 0 Å². The van der Waals surface area contributed by atoms with Crippen LogP contribution in [-0.4, -0.2) is 17.9 Å². The first-order chi connectivity index (χ1) is 11.5. The van der Waals surface area contributed by atoms with Gasteiger partial charge in [0.15, 0.2) is 0 Å². The van der Waals surface area contributed by atoms with Gasteiger partial charge < -0.3 is 5.32 Å². The van der Waals surface area contributed by atoms with Crippen LogP contribution in [0.5, 0.6) is 0 Å². The number of hydrogen-bond donors (Lipinski definition) is 1. The maximum Gasteiger partial charge on any atom is 0.243 e. The fraction of sp³-hybridized carbons (Fsp3) is 0.300. The lowest BCUT2D eigenvalue weighted by Gasteiger charge is -2.24. The number of nitrogens with zero attached hydrogens (tertiary/aromatic N) is 1. The van der Waals surface area contributed by atoms with Crippen molar-refractivity contribution in [1.29, 1.82) is 0 Å². The molecule has 0 bridgehead atoms. The number of hydrogen-bond acceptors (Lipinski definition) is 2. The van der Waals surface area contributed by atoms with Crippen molar-refractivity contribution in [3.63, 3.8) is 0 Å². The van der Waals surface area contributed by atoms with E-state index < -0.39 is 6.04 Å². The van der Waals surface area contributed by atoms with E-state index in [1.165, 1.54) is 5.56 Å².